The zero-order valence-electron chi connectivity index (χ0n) is 22.9. The van der Waals surface area contributed by atoms with Gasteiger partial charge in [0.05, 0.1) is 16.6 Å². The minimum Gasteiger partial charge on any atom is -0.324 e. The summed E-state index contributed by atoms with van der Waals surface area (Å²) >= 11 is 0. The second-order valence-electron chi connectivity index (χ2n) is 10.7. The molecule has 3 nitrogen and oxygen atoms in total. The van der Waals surface area contributed by atoms with E-state index in [-0.39, 0.29) is 0 Å². The smallest absolute Gasteiger partial charge is 0.228 e. The number of benzene rings is 6. The van der Waals surface area contributed by atoms with Crippen LogP contribution in [0.15, 0.2) is 158 Å². The van der Waals surface area contributed by atoms with Crippen LogP contribution in [0.3, 0.4) is 0 Å². The van der Waals surface area contributed by atoms with Gasteiger partial charge in [0.1, 0.15) is 0 Å². The first kappa shape index (κ1) is 24.3. The number of para-hydroxylation sites is 2. The Morgan fingerprint density at radius 2 is 1.07 bits per heavy atom. The molecule has 0 radical (unpaired) electrons. The molecule has 1 aromatic heterocycles. The van der Waals surface area contributed by atoms with Gasteiger partial charge in [-0.1, -0.05) is 133 Å². The van der Waals surface area contributed by atoms with Gasteiger partial charge in [-0.25, -0.2) is 9.97 Å². The molecule has 0 spiro atoms. The van der Waals surface area contributed by atoms with Gasteiger partial charge in [-0.3, -0.25) is 0 Å². The quantitative estimate of drug-likeness (QED) is 0.238. The fourth-order valence-electron chi connectivity index (χ4n) is 6.61. The second-order valence-corrected chi connectivity index (χ2v) is 10.7. The highest BCUT2D eigenvalue weighted by atomic mass is 15.1. The zero-order chi connectivity index (χ0) is 27.9. The first-order valence-corrected chi connectivity index (χ1v) is 14.3. The molecule has 0 atom stereocenters. The van der Waals surface area contributed by atoms with E-state index < -0.39 is 5.41 Å². The van der Waals surface area contributed by atoms with Crippen LogP contribution in [0.5, 0.6) is 0 Å². The number of nitrogens with one attached hydrogen (secondary N) is 1. The highest BCUT2D eigenvalue weighted by molar-refractivity contribution is 5.94. The first-order chi connectivity index (χ1) is 20.8. The number of rotatable bonds is 5. The maximum atomic E-state index is 5.10. The summed E-state index contributed by atoms with van der Waals surface area (Å²) in [6.45, 7) is 0. The van der Waals surface area contributed by atoms with E-state index in [2.05, 4.69) is 127 Å². The largest absolute Gasteiger partial charge is 0.324 e. The molecule has 7 aromatic rings. The lowest BCUT2D eigenvalue weighted by atomic mass is 9.67. The van der Waals surface area contributed by atoms with Crippen molar-refractivity contribution in [1.29, 1.82) is 0 Å². The Bertz CT molecular complexity index is 2020. The van der Waals surface area contributed by atoms with E-state index in [9.17, 15) is 0 Å². The molecule has 0 saturated carbocycles. The maximum Gasteiger partial charge on any atom is 0.228 e. The molecule has 198 valence electrons. The summed E-state index contributed by atoms with van der Waals surface area (Å²) < 4.78 is 0. The van der Waals surface area contributed by atoms with Gasteiger partial charge in [0.25, 0.3) is 0 Å². The van der Waals surface area contributed by atoms with Gasteiger partial charge in [0.2, 0.25) is 5.95 Å². The van der Waals surface area contributed by atoms with Gasteiger partial charge < -0.3 is 5.32 Å². The minimum absolute atomic E-state index is 0.460. The third kappa shape index (κ3) is 3.75. The van der Waals surface area contributed by atoms with Crippen molar-refractivity contribution in [2.45, 2.75) is 5.41 Å². The molecular formula is C39H27N3. The summed E-state index contributed by atoms with van der Waals surface area (Å²) in [7, 11) is 0. The number of hydrogen-bond acceptors (Lipinski definition) is 3. The molecule has 6 aromatic carbocycles. The average Bonchev–Trinajstić information content (AvgIpc) is 3.37. The van der Waals surface area contributed by atoms with Gasteiger partial charge in [-0.15, -0.1) is 0 Å². The topological polar surface area (TPSA) is 37.8 Å². The fourth-order valence-corrected chi connectivity index (χ4v) is 6.61. The fraction of sp³-hybridized carbons (Fsp3) is 0.0256. The monoisotopic (exact) mass is 537 g/mol. The van der Waals surface area contributed by atoms with Crippen LogP contribution in [-0.2, 0) is 5.41 Å². The lowest BCUT2D eigenvalue weighted by Crippen LogP contribution is -2.28. The molecule has 0 saturated heterocycles. The van der Waals surface area contributed by atoms with Crippen molar-refractivity contribution in [3.63, 3.8) is 0 Å². The van der Waals surface area contributed by atoms with Gasteiger partial charge in [0.15, 0.2) is 0 Å². The molecule has 0 aliphatic heterocycles. The van der Waals surface area contributed by atoms with Gasteiger partial charge in [-0.2, -0.15) is 0 Å². The Morgan fingerprint density at radius 3 is 1.81 bits per heavy atom. The Labute approximate surface area is 245 Å². The molecule has 0 amide bonds. The molecule has 1 aliphatic carbocycles. The van der Waals surface area contributed by atoms with E-state index in [0.717, 1.165) is 27.8 Å². The van der Waals surface area contributed by atoms with Crippen LogP contribution in [0.25, 0.3) is 33.3 Å². The molecule has 1 heterocycles. The van der Waals surface area contributed by atoms with Crippen molar-refractivity contribution in [1.82, 2.24) is 9.97 Å². The van der Waals surface area contributed by atoms with E-state index in [0.29, 0.717) is 5.95 Å². The molecule has 3 heteroatoms. The van der Waals surface area contributed by atoms with Crippen molar-refractivity contribution in [2.24, 2.45) is 0 Å². The summed E-state index contributed by atoms with van der Waals surface area (Å²) in [5, 5.41) is 4.44. The molecule has 1 aliphatic rings. The lowest BCUT2D eigenvalue weighted by Gasteiger charge is -2.34. The Balaban J connectivity index is 1.38. The molecule has 8 rings (SSSR count). The number of nitrogens with zero attached hydrogens (tertiary/aromatic N) is 2. The SMILES string of the molecule is c1ccc(Nc2nc(-c3cccc(C4(c5ccccc5)c5ccccc5-c5ccccc54)c3)c3ccccc3n2)cc1. The Hall–Kier alpha value is -5.54. The first-order valence-electron chi connectivity index (χ1n) is 14.3. The number of anilines is 2. The van der Waals surface area contributed by atoms with Gasteiger partial charge in [-0.05, 0) is 57.6 Å². The third-order valence-corrected chi connectivity index (χ3v) is 8.36. The van der Waals surface area contributed by atoms with Crippen LogP contribution < -0.4 is 5.32 Å². The van der Waals surface area contributed by atoms with E-state index in [1.165, 1.54) is 33.4 Å². The summed E-state index contributed by atoms with van der Waals surface area (Å²) in [4.78, 5) is 9.95. The van der Waals surface area contributed by atoms with Crippen LogP contribution in [0.4, 0.5) is 11.6 Å². The average molecular weight is 538 g/mol. The Kier molecular flexibility index (Phi) is 5.68. The van der Waals surface area contributed by atoms with Crippen molar-refractivity contribution in [3.8, 4) is 22.4 Å². The van der Waals surface area contributed by atoms with Crippen molar-refractivity contribution in [3.05, 3.63) is 180 Å². The summed E-state index contributed by atoms with van der Waals surface area (Å²) in [5.74, 6) is 0.578. The summed E-state index contributed by atoms with van der Waals surface area (Å²) in [6, 6.07) is 55.8. The van der Waals surface area contributed by atoms with Crippen LogP contribution in [0.2, 0.25) is 0 Å². The number of fused-ring (bicyclic) bond motifs is 4. The third-order valence-electron chi connectivity index (χ3n) is 8.36. The van der Waals surface area contributed by atoms with Crippen LogP contribution in [0.1, 0.15) is 22.3 Å². The molecule has 0 bridgehead atoms. The van der Waals surface area contributed by atoms with Crippen LogP contribution in [-0.4, -0.2) is 9.97 Å². The van der Waals surface area contributed by atoms with Crippen LogP contribution in [0, 0.1) is 0 Å². The minimum atomic E-state index is -0.460. The highest BCUT2D eigenvalue weighted by Crippen LogP contribution is 2.56. The van der Waals surface area contributed by atoms with E-state index in [1.54, 1.807) is 0 Å². The Morgan fingerprint density at radius 1 is 0.476 bits per heavy atom. The molecular weight excluding hydrogens is 510 g/mol. The highest BCUT2D eigenvalue weighted by Gasteiger charge is 2.45. The van der Waals surface area contributed by atoms with Crippen LogP contribution >= 0.6 is 0 Å². The zero-order valence-corrected chi connectivity index (χ0v) is 22.9. The van der Waals surface area contributed by atoms with Crippen molar-refractivity contribution < 1.29 is 0 Å². The standard InChI is InChI=1S/C39H27N3/c1-3-15-28(16-4-1)39(34-23-10-7-20-31(34)32-21-8-11-24-35(32)39)29-17-13-14-27(26-29)37-33-22-9-12-25-36(33)41-38(42-37)40-30-18-5-2-6-19-30/h1-26H,(H,40,41,42). The number of aromatic nitrogens is 2. The second kappa shape index (κ2) is 9.83. The normalized spacial score (nSPS) is 13.0. The van der Waals surface area contributed by atoms with Crippen molar-refractivity contribution >= 4 is 22.5 Å². The van der Waals surface area contributed by atoms with Gasteiger partial charge >= 0.3 is 0 Å². The number of hydrogen-bond donors (Lipinski definition) is 1. The maximum absolute atomic E-state index is 5.10. The predicted molar refractivity (Wildman–Crippen MR) is 172 cm³/mol. The van der Waals surface area contributed by atoms with E-state index in [1.807, 2.05) is 36.4 Å². The summed E-state index contributed by atoms with van der Waals surface area (Å²) in [5.41, 5.74) is 11.0. The molecule has 1 N–H and O–H groups in total. The van der Waals surface area contributed by atoms with E-state index >= 15 is 0 Å². The van der Waals surface area contributed by atoms with Crippen molar-refractivity contribution in [2.75, 3.05) is 5.32 Å². The molecule has 0 fully saturated rings. The van der Waals surface area contributed by atoms with E-state index in [4.69, 9.17) is 9.97 Å². The molecule has 42 heavy (non-hydrogen) atoms. The lowest BCUT2D eigenvalue weighted by molar-refractivity contribution is 0.769. The molecule has 0 unspecified atom stereocenters. The van der Waals surface area contributed by atoms with Gasteiger partial charge in [0, 0.05) is 16.6 Å². The summed E-state index contributed by atoms with van der Waals surface area (Å²) in [6.07, 6.45) is 0. The predicted octanol–water partition coefficient (Wildman–Crippen LogP) is 9.40.